The summed E-state index contributed by atoms with van der Waals surface area (Å²) >= 11 is 0. The van der Waals surface area contributed by atoms with Crippen molar-refractivity contribution < 1.29 is 108 Å². The molecular formula is C12H9F9O15S3. The predicted octanol–water partition coefficient (Wildman–Crippen LogP) is 1.96. The molecule has 27 heteroatoms. The van der Waals surface area contributed by atoms with E-state index in [1.165, 1.54) is 0 Å². The van der Waals surface area contributed by atoms with Crippen LogP contribution in [-0.4, -0.2) is 88.7 Å². The molecule has 0 bridgehead atoms. The molecule has 0 aliphatic carbocycles. The van der Waals surface area contributed by atoms with E-state index >= 15 is 0 Å². The molecule has 0 heterocycles. The average Bonchev–Trinajstić information content (AvgIpc) is 2.64. The third kappa shape index (κ3) is 15.7. The van der Waals surface area contributed by atoms with E-state index in [1.807, 2.05) is 0 Å². The lowest BCUT2D eigenvalue weighted by molar-refractivity contribution is -0.0514. The Morgan fingerprint density at radius 3 is 0.897 bits per heavy atom. The topological polar surface area (TPSA) is 275 Å². The van der Waals surface area contributed by atoms with Gasteiger partial charge in [0.05, 0.1) is 16.7 Å². The lowest BCUT2D eigenvalue weighted by Gasteiger charge is -2.02. The fraction of sp³-hybridized carbons (Fsp3) is 0.250. The summed E-state index contributed by atoms with van der Waals surface area (Å²) in [6, 6.07) is 2.81. The number of halogens is 9. The van der Waals surface area contributed by atoms with E-state index < -0.39 is 75.9 Å². The monoisotopic (exact) mass is 660 g/mol. The summed E-state index contributed by atoms with van der Waals surface area (Å²) in [7, 11) is -17.5. The van der Waals surface area contributed by atoms with Gasteiger partial charge in [-0.3, -0.25) is 13.7 Å². The molecule has 6 N–H and O–H groups in total. The van der Waals surface area contributed by atoms with Crippen molar-refractivity contribution in [3.63, 3.8) is 0 Å². The van der Waals surface area contributed by atoms with Gasteiger partial charge in [-0.25, -0.2) is 14.4 Å². The summed E-state index contributed by atoms with van der Waals surface area (Å²) in [5.74, 6) is -4.20. The van der Waals surface area contributed by atoms with Gasteiger partial charge in [0.1, 0.15) is 0 Å². The van der Waals surface area contributed by atoms with Crippen molar-refractivity contribution in [2.24, 2.45) is 0 Å². The summed E-state index contributed by atoms with van der Waals surface area (Å²) < 4.78 is 173. The first-order valence-corrected chi connectivity index (χ1v) is 12.0. The number of benzene rings is 1. The SMILES string of the molecule is O=C(O)c1ccc(C(=O)O)c(C(=O)O)c1.O=S(=O)(O)C(F)(F)F.O=S(=O)(O)C(F)(F)F.O=S(=O)(O)C(F)(F)F. The van der Waals surface area contributed by atoms with Crippen molar-refractivity contribution in [2.75, 3.05) is 0 Å². The molecule has 39 heavy (non-hydrogen) atoms. The van der Waals surface area contributed by atoms with Gasteiger partial charge in [0.2, 0.25) is 0 Å². The molecule has 0 fully saturated rings. The maximum atomic E-state index is 10.7. The van der Waals surface area contributed by atoms with E-state index in [-0.39, 0.29) is 5.56 Å². The first-order chi connectivity index (χ1) is 16.7. The van der Waals surface area contributed by atoms with E-state index in [0.717, 1.165) is 18.2 Å². The summed E-state index contributed by atoms with van der Waals surface area (Å²) in [6.07, 6.45) is 0. The van der Waals surface area contributed by atoms with Gasteiger partial charge < -0.3 is 15.3 Å². The van der Waals surface area contributed by atoms with Gasteiger partial charge in [-0.2, -0.15) is 64.8 Å². The zero-order chi connectivity index (χ0) is 32.6. The van der Waals surface area contributed by atoms with Crippen molar-refractivity contribution in [1.82, 2.24) is 0 Å². The summed E-state index contributed by atoms with van der Waals surface area (Å²) in [6.45, 7) is 0. The van der Waals surface area contributed by atoms with Crippen LogP contribution in [0.5, 0.6) is 0 Å². The van der Waals surface area contributed by atoms with Crippen LogP contribution < -0.4 is 0 Å². The Kier molecular flexibility index (Phi) is 14.1. The first kappa shape index (κ1) is 40.2. The lowest BCUT2D eigenvalue weighted by atomic mass is 10.0. The Morgan fingerprint density at radius 1 is 0.513 bits per heavy atom. The standard InChI is InChI=1S/C9H6O6.3CHF3O3S/c10-7(11)4-1-2-5(8(12)13)6(3-4)9(14)15;3*2-1(3,4)8(5,6)7/h1-3H,(H,10,11)(H,12,13)(H,14,15);3*(H,5,6,7). The van der Waals surface area contributed by atoms with Gasteiger partial charge >= 0.3 is 64.8 Å². The second-order valence-electron chi connectivity index (χ2n) is 5.44. The predicted molar refractivity (Wildman–Crippen MR) is 100 cm³/mol. The number of hydrogen-bond acceptors (Lipinski definition) is 9. The van der Waals surface area contributed by atoms with E-state index in [1.54, 1.807) is 0 Å². The van der Waals surface area contributed by atoms with Crippen molar-refractivity contribution in [3.8, 4) is 0 Å². The Balaban J connectivity index is -0.000000469. The molecule has 1 rings (SSSR count). The van der Waals surface area contributed by atoms with Crippen molar-refractivity contribution in [1.29, 1.82) is 0 Å². The number of carbonyl (C=O) groups is 3. The number of carboxylic acids is 3. The van der Waals surface area contributed by atoms with Crippen LogP contribution in [0, 0.1) is 0 Å². The van der Waals surface area contributed by atoms with E-state index in [4.69, 9.17) is 54.2 Å². The minimum atomic E-state index is -5.84. The molecule has 0 spiro atoms. The van der Waals surface area contributed by atoms with Crippen LogP contribution >= 0.6 is 0 Å². The normalized spacial score (nSPS) is 12.3. The molecular weight excluding hydrogens is 651 g/mol. The lowest BCUT2D eigenvalue weighted by Crippen LogP contribution is -2.21. The molecule has 228 valence electrons. The molecule has 0 atom stereocenters. The summed E-state index contributed by atoms with van der Waals surface area (Å²) in [4.78, 5) is 31.8. The van der Waals surface area contributed by atoms with Crippen molar-refractivity contribution in [2.45, 2.75) is 16.5 Å². The van der Waals surface area contributed by atoms with Crippen LogP contribution in [0.25, 0.3) is 0 Å². The molecule has 0 aliphatic rings. The number of carboxylic acid groups (broad SMARTS) is 3. The van der Waals surface area contributed by atoms with Crippen LogP contribution in [0.2, 0.25) is 0 Å². The van der Waals surface area contributed by atoms with Gasteiger partial charge in [0, 0.05) is 0 Å². The zero-order valence-electron chi connectivity index (χ0n) is 17.2. The molecule has 0 amide bonds. The smallest absolute Gasteiger partial charge is 0.478 e. The number of hydrogen-bond donors (Lipinski definition) is 6. The molecule has 15 nitrogen and oxygen atoms in total. The fourth-order valence-electron chi connectivity index (χ4n) is 1.04. The number of alkyl halides is 9. The van der Waals surface area contributed by atoms with Gasteiger partial charge in [-0.05, 0) is 18.2 Å². The second-order valence-corrected chi connectivity index (χ2v) is 9.68. The first-order valence-electron chi connectivity index (χ1n) is 7.63. The number of rotatable bonds is 3. The van der Waals surface area contributed by atoms with Crippen molar-refractivity contribution in [3.05, 3.63) is 34.9 Å². The van der Waals surface area contributed by atoms with E-state index in [0.29, 0.717) is 0 Å². The van der Waals surface area contributed by atoms with Gasteiger partial charge in [0.25, 0.3) is 0 Å². The largest absolute Gasteiger partial charge is 0.522 e. The minimum Gasteiger partial charge on any atom is -0.478 e. The number of aromatic carboxylic acids is 3. The highest BCUT2D eigenvalue weighted by Gasteiger charge is 2.45. The minimum absolute atomic E-state index is 0.266. The highest BCUT2D eigenvalue weighted by Crippen LogP contribution is 2.22. The fourth-order valence-corrected chi connectivity index (χ4v) is 1.04. The average molecular weight is 660 g/mol. The van der Waals surface area contributed by atoms with Crippen LogP contribution in [0.1, 0.15) is 31.1 Å². The van der Waals surface area contributed by atoms with Crippen LogP contribution in [0.4, 0.5) is 39.5 Å². The summed E-state index contributed by atoms with van der Waals surface area (Å²) in [5.41, 5.74) is -17.8. The van der Waals surface area contributed by atoms with Crippen LogP contribution in [0.3, 0.4) is 0 Å². The maximum absolute atomic E-state index is 10.7. The molecule has 0 unspecified atom stereocenters. The molecule has 0 radical (unpaired) electrons. The second kappa shape index (κ2) is 13.7. The molecule has 0 aromatic heterocycles. The Labute approximate surface area is 208 Å². The quantitative estimate of drug-likeness (QED) is 0.154. The van der Waals surface area contributed by atoms with Gasteiger partial charge in [0.15, 0.2) is 0 Å². The van der Waals surface area contributed by atoms with Gasteiger partial charge in [-0.15, -0.1) is 0 Å². The Morgan fingerprint density at radius 2 is 0.744 bits per heavy atom. The molecule has 0 aliphatic heterocycles. The van der Waals surface area contributed by atoms with Gasteiger partial charge in [-0.1, -0.05) is 0 Å². The Bertz CT molecular complexity index is 1260. The zero-order valence-corrected chi connectivity index (χ0v) is 19.7. The molecule has 1 aromatic rings. The molecule has 1 aromatic carbocycles. The Hall–Kier alpha value is -3.27. The van der Waals surface area contributed by atoms with Crippen LogP contribution in [0.15, 0.2) is 18.2 Å². The third-order valence-corrected chi connectivity index (χ3v) is 4.36. The molecule has 0 saturated carbocycles. The highest BCUT2D eigenvalue weighted by molar-refractivity contribution is 7.87. The third-order valence-electron chi connectivity index (χ3n) is 2.60. The van der Waals surface area contributed by atoms with E-state index in [9.17, 15) is 53.9 Å². The molecule has 0 saturated heterocycles. The van der Waals surface area contributed by atoms with Crippen molar-refractivity contribution >= 4 is 48.3 Å². The highest BCUT2D eigenvalue weighted by atomic mass is 32.2. The van der Waals surface area contributed by atoms with E-state index in [2.05, 4.69) is 0 Å². The summed E-state index contributed by atoms with van der Waals surface area (Å²) in [5, 5.41) is 25.9. The van der Waals surface area contributed by atoms with Crippen LogP contribution in [-0.2, 0) is 30.4 Å². The maximum Gasteiger partial charge on any atom is 0.522 e.